The Kier molecular flexibility index (Phi) is 5.17. The van der Waals surface area contributed by atoms with Crippen molar-refractivity contribution in [3.8, 4) is 0 Å². The minimum Gasteiger partial charge on any atom is -0.339 e. The van der Waals surface area contributed by atoms with Gasteiger partial charge in [0.05, 0.1) is 0 Å². The lowest BCUT2D eigenvalue weighted by Gasteiger charge is -2.26. The molecule has 0 unspecified atom stereocenters. The Morgan fingerprint density at radius 2 is 1.60 bits per heavy atom. The second-order valence-electron chi connectivity index (χ2n) is 6.64. The molecule has 0 atom stereocenters. The third-order valence-electron chi connectivity index (χ3n) is 4.87. The molecule has 1 aliphatic heterocycles. The fourth-order valence-corrected chi connectivity index (χ4v) is 3.15. The Bertz CT molecular complexity index is 792. The van der Waals surface area contributed by atoms with Gasteiger partial charge >= 0.3 is 0 Å². The third kappa shape index (κ3) is 3.90. The molecule has 0 aromatic heterocycles. The molecule has 0 bridgehead atoms. The lowest BCUT2D eigenvalue weighted by molar-refractivity contribution is 0.0724. The molecule has 0 radical (unpaired) electrons. The Morgan fingerprint density at radius 1 is 0.920 bits per heavy atom. The number of carbonyl (C=O) groups excluding carboxylic acids is 2. The summed E-state index contributed by atoms with van der Waals surface area (Å²) < 4.78 is 0. The minimum atomic E-state index is -0.193. The summed E-state index contributed by atoms with van der Waals surface area (Å²) in [5.74, 6) is -0.178. The van der Waals surface area contributed by atoms with Gasteiger partial charge < -0.3 is 10.2 Å². The molecular weight excluding hydrogens is 312 g/mol. The number of rotatable bonds is 3. The van der Waals surface area contributed by atoms with Gasteiger partial charge in [-0.05, 0) is 68.5 Å². The maximum Gasteiger partial charge on any atom is 0.255 e. The van der Waals surface area contributed by atoms with E-state index >= 15 is 0 Å². The van der Waals surface area contributed by atoms with Crippen molar-refractivity contribution < 1.29 is 9.59 Å². The Hall–Kier alpha value is -2.62. The van der Waals surface area contributed by atoms with Crippen molar-refractivity contribution in [1.29, 1.82) is 0 Å². The fourth-order valence-electron chi connectivity index (χ4n) is 3.15. The van der Waals surface area contributed by atoms with Crippen molar-refractivity contribution >= 4 is 17.5 Å². The molecule has 2 aromatic rings. The molecule has 4 heteroatoms. The molecule has 0 aliphatic carbocycles. The zero-order valence-electron chi connectivity index (χ0n) is 14.8. The summed E-state index contributed by atoms with van der Waals surface area (Å²) >= 11 is 0. The van der Waals surface area contributed by atoms with E-state index in [1.165, 1.54) is 6.42 Å². The lowest BCUT2D eigenvalue weighted by atomic mass is 10.1. The van der Waals surface area contributed by atoms with Crippen molar-refractivity contribution in [2.24, 2.45) is 0 Å². The molecule has 0 spiro atoms. The summed E-state index contributed by atoms with van der Waals surface area (Å²) in [6.07, 6.45) is 3.29. The van der Waals surface area contributed by atoms with E-state index in [1.807, 2.05) is 36.9 Å². The van der Waals surface area contributed by atoms with Crippen molar-refractivity contribution in [3.63, 3.8) is 0 Å². The average Bonchev–Trinajstić information content (AvgIpc) is 2.65. The molecule has 2 aromatic carbocycles. The van der Waals surface area contributed by atoms with Crippen LogP contribution in [0.1, 0.15) is 51.1 Å². The standard InChI is InChI=1S/C21H24N2O2/c1-15-8-6-11-19(16(15)2)22-20(24)17-9-7-10-18(14-17)21(25)23-12-4-3-5-13-23/h6-11,14H,3-5,12-13H2,1-2H3,(H,22,24). The highest BCUT2D eigenvalue weighted by atomic mass is 16.2. The number of hydrogen-bond donors (Lipinski definition) is 1. The van der Waals surface area contributed by atoms with Crippen molar-refractivity contribution in [2.75, 3.05) is 18.4 Å². The molecule has 3 rings (SSSR count). The quantitative estimate of drug-likeness (QED) is 0.914. The smallest absolute Gasteiger partial charge is 0.255 e. The Labute approximate surface area is 148 Å². The number of amides is 2. The normalized spacial score (nSPS) is 14.2. The molecule has 1 N–H and O–H groups in total. The summed E-state index contributed by atoms with van der Waals surface area (Å²) in [7, 11) is 0. The van der Waals surface area contributed by atoms with Crippen LogP contribution in [0, 0.1) is 13.8 Å². The van der Waals surface area contributed by atoms with E-state index in [-0.39, 0.29) is 11.8 Å². The zero-order valence-corrected chi connectivity index (χ0v) is 14.8. The molecule has 130 valence electrons. The van der Waals surface area contributed by atoms with E-state index < -0.39 is 0 Å². The van der Waals surface area contributed by atoms with Crippen LogP contribution in [0.25, 0.3) is 0 Å². The van der Waals surface area contributed by atoms with Gasteiger partial charge in [0.15, 0.2) is 0 Å². The summed E-state index contributed by atoms with van der Waals surface area (Å²) in [5.41, 5.74) is 4.07. The molecule has 1 fully saturated rings. The van der Waals surface area contributed by atoms with Crippen LogP contribution in [0.5, 0.6) is 0 Å². The number of likely N-dealkylation sites (tertiary alicyclic amines) is 1. The average molecular weight is 336 g/mol. The van der Waals surface area contributed by atoms with Crippen LogP contribution in [0.15, 0.2) is 42.5 Å². The highest BCUT2D eigenvalue weighted by Crippen LogP contribution is 2.20. The van der Waals surface area contributed by atoms with Crippen molar-refractivity contribution in [1.82, 2.24) is 4.90 Å². The predicted molar refractivity (Wildman–Crippen MR) is 100 cm³/mol. The van der Waals surface area contributed by atoms with Crippen LogP contribution in [-0.4, -0.2) is 29.8 Å². The molecule has 0 saturated carbocycles. The van der Waals surface area contributed by atoms with Gasteiger partial charge in [-0.2, -0.15) is 0 Å². The number of anilines is 1. The molecule has 2 amide bonds. The second-order valence-corrected chi connectivity index (χ2v) is 6.64. The first-order valence-electron chi connectivity index (χ1n) is 8.83. The van der Waals surface area contributed by atoms with E-state index in [9.17, 15) is 9.59 Å². The predicted octanol–water partition coefficient (Wildman–Crippen LogP) is 4.18. The zero-order chi connectivity index (χ0) is 17.8. The monoisotopic (exact) mass is 336 g/mol. The van der Waals surface area contributed by atoms with Crippen LogP contribution in [-0.2, 0) is 0 Å². The topological polar surface area (TPSA) is 49.4 Å². The van der Waals surface area contributed by atoms with E-state index in [4.69, 9.17) is 0 Å². The van der Waals surface area contributed by atoms with E-state index in [2.05, 4.69) is 5.32 Å². The maximum absolute atomic E-state index is 12.6. The summed E-state index contributed by atoms with van der Waals surface area (Å²) in [6.45, 7) is 5.61. The van der Waals surface area contributed by atoms with Crippen LogP contribution < -0.4 is 5.32 Å². The van der Waals surface area contributed by atoms with Gasteiger partial charge in [0, 0.05) is 29.9 Å². The van der Waals surface area contributed by atoms with Crippen LogP contribution in [0.4, 0.5) is 5.69 Å². The van der Waals surface area contributed by atoms with Gasteiger partial charge in [0.2, 0.25) is 0 Å². The van der Waals surface area contributed by atoms with Crippen molar-refractivity contribution in [2.45, 2.75) is 33.1 Å². The first-order valence-corrected chi connectivity index (χ1v) is 8.83. The number of nitrogens with one attached hydrogen (secondary N) is 1. The van der Waals surface area contributed by atoms with Gasteiger partial charge in [0.1, 0.15) is 0 Å². The minimum absolute atomic E-state index is 0.0149. The Morgan fingerprint density at radius 3 is 2.36 bits per heavy atom. The summed E-state index contributed by atoms with van der Waals surface area (Å²) in [6, 6.07) is 12.8. The largest absolute Gasteiger partial charge is 0.339 e. The fraction of sp³-hybridized carbons (Fsp3) is 0.333. The van der Waals surface area contributed by atoms with Crippen molar-refractivity contribution in [3.05, 3.63) is 64.7 Å². The second kappa shape index (κ2) is 7.51. The van der Waals surface area contributed by atoms with Gasteiger partial charge in [0.25, 0.3) is 11.8 Å². The molecule has 4 nitrogen and oxygen atoms in total. The highest BCUT2D eigenvalue weighted by molar-refractivity contribution is 6.06. The van der Waals surface area contributed by atoms with Crippen LogP contribution >= 0.6 is 0 Å². The van der Waals surface area contributed by atoms with E-state index in [1.54, 1.807) is 24.3 Å². The summed E-state index contributed by atoms with van der Waals surface area (Å²) in [5, 5.41) is 2.95. The number of piperidine rings is 1. The third-order valence-corrected chi connectivity index (χ3v) is 4.87. The number of aryl methyl sites for hydroxylation is 1. The number of carbonyl (C=O) groups is 2. The number of nitrogens with zero attached hydrogens (tertiary/aromatic N) is 1. The van der Waals surface area contributed by atoms with Gasteiger partial charge in [-0.1, -0.05) is 18.2 Å². The van der Waals surface area contributed by atoms with E-state index in [0.717, 1.165) is 42.7 Å². The van der Waals surface area contributed by atoms with E-state index in [0.29, 0.717) is 11.1 Å². The molecule has 1 heterocycles. The maximum atomic E-state index is 12.6. The first-order chi connectivity index (χ1) is 12.1. The highest BCUT2D eigenvalue weighted by Gasteiger charge is 2.19. The summed E-state index contributed by atoms with van der Waals surface area (Å²) in [4.78, 5) is 27.1. The van der Waals surface area contributed by atoms with Gasteiger partial charge in [-0.25, -0.2) is 0 Å². The Balaban J connectivity index is 1.77. The van der Waals surface area contributed by atoms with Gasteiger partial charge in [-0.15, -0.1) is 0 Å². The molecule has 1 aliphatic rings. The molecule has 1 saturated heterocycles. The number of hydrogen-bond acceptors (Lipinski definition) is 2. The number of benzene rings is 2. The van der Waals surface area contributed by atoms with Gasteiger partial charge in [-0.3, -0.25) is 9.59 Å². The molecular formula is C21H24N2O2. The van der Waals surface area contributed by atoms with Crippen LogP contribution in [0.2, 0.25) is 0 Å². The SMILES string of the molecule is Cc1cccc(NC(=O)c2cccc(C(=O)N3CCCCC3)c2)c1C. The first kappa shape index (κ1) is 17.2. The lowest BCUT2D eigenvalue weighted by Crippen LogP contribution is -2.35. The van der Waals surface area contributed by atoms with Crippen LogP contribution in [0.3, 0.4) is 0 Å². The molecule has 25 heavy (non-hydrogen) atoms.